The molecule has 0 atom stereocenters. The summed E-state index contributed by atoms with van der Waals surface area (Å²) in [6.45, 7) is 6.25. The van der Waals surface area contributed by atoms with E-state index in [-0.39, 0.29) is 5.82 Å². The van der Waals surface area contributed by atoms with Crippen LogP contribution in [0.4, 0.5) is 0 Å². The van der Waals surface area contributed by atoms with Gasteiger partial charge in [-0.05, 0) is 60.2 Å². The third-order valence-corrected chi connectivity index (χ3v) is 3.07. The largest absolute Gasteiger partial charge is 0.493 e. The van der Waals surface area contributed by atoms with Crippen LogP contribution in [0, 0.1) is 10.8 Å². The first-order chi connectivity index (χ1) is 9.22. The first-order valence-corrected chi connectivity index (χ1v) is 6.56. The van der Waals surface area contributed by atoms with E-state index in [1.54, 1.807) is 0 Å². The van der Waals surface area contributed by atoms with Gasteiger partial charge >= 0.3 is 0 Å². The van der Waals surface area contributed by atoms with Crippen LogP contribution in [0.15, 0.2) is 46.8 Å². The monoisotopic (exact) mass is 258 g/mol. The second kappa shape index (κ2) is 6.27. The highest BCUT2D eigenvalue weighted by Crippen LogP contribution is 2.29. The van der Waals surface area contributed by atoms with E-state index in [2.05, 4.69) is 16.7 Å². The van der Waals surface area contributed by atoms with Crippen molar-refractivity contribution in [3.63, 3.8) is 0 Å². The zero-order valence-electron chi connectivity index (χ0n) is 11.1. The Hall–Kier alpha value is -1.97. The number of aliphatic imine (C=N–C) groups is 1. The predicted molar refractivity (Wildman–Crippen MR) is 76.4 cm³/mol. The highest BCUT2D eigenvalue weighted by molar-refractivity contribution is 6.01. The summed E-state index contributed by atoms with van der Waals surface area (Å²) in [6, 6.07) is 7.76. The van der Waals surface area contributed by atoms with Crippen LogP contribution in [-0.4, -0.2) is 12.3 Å². The molecule has 0 aliphatic heterocycles. The molecule has 0 spiro atoms. The molecule has 1 aliphatic rings. The van der Waals surface area contributed by atoms with Gasteiger partial charge in [-0.25, -0.2) is 4.99 Å². The molecule has 0 saturated heterocycles. The normalized spacial score (nSPS) is 15.1. The summed E-state index contributed by atoms with van der Waals surface area (Å²) in [6.07, 6.45) is 3.29. The summed E-state index contributed by atoms with van der Waals surface area (Å²) >= 11 is 0. The van der Waals surface area contributed by atoms with Gasteiger partial charge in [-0.2, -0.15) is 0 Å². The van der Waals surface area contributed by atoms with E-state index in [4.69, 9.17) is 4.74 Å². The van der Waals surface area contributed by atoms with Gasteiger partial charge in [-0.1, -0.05) is 13.5 Å². The minimum Gasteiger partial charge on any atom is -0.493 e. The molecule has 1 fully saturated rings. The van der Waals surface area contributed by atoms with Gasteiger partial charge in [0.2, 0.25) is 0 Å². The Labute approximate surface area is 113 Å². The van der Waals surface area contributed by atoms with Crippen LogP contribution in [0.25, 0.3) is 0 Å². The molecule has 1 aromatic rings. The molecule has 0 bridgehead atoms. The Bertz CT molecular complexity index is 487. The maximum absolute atomic E-state index is 10.3. The average molecular weight is 258 g/mol. The van der Waals surface area contributed by atoms with E-state index >= 15 is 0 Å². The number of nitroso groups, excluding NO2 is 1. The van der Waals surface area contributed by atoms with Crippen LogP contribution >= 0.6 is 0 Å². The van der Waals surface area contributed by atoms with Crippen molar-refractivity contribution in [3.05, 3.63) is 47.1 Å². The molecule has 0 heterocycles. The number of nitrogens with zero attached hydrogens (tertiary/aromatic N) is 2. The molecule has 1 aliphatic carbocycles. The first kappa shape index (κ1) is 13.5. The second-order valence-corrected chi connectivity index (χ2v) is 4.70. The van der Waals surface area contributed by atoms with Crippen molar-refractivity contribution >= 4 is 5.71 Å². The van der Waals surface area contributed by atoms with Crippen molar-refractivity contribution in [1.82, 2.24) is 0 Å². The zero-order valence-corrected chi connectivity index (χ0v) is 11.1. The molecular formula is C15H18N2O2. The standard InChI is InChI=1S/C15H18N2O2/c1-3-15(16-11(2)17-18)13-6-8-14(9-7-13)19-10-12-4-5-12/h6-9,12H,2-5,10H2,1H3/b16-15+. The highest BCUT2D eigenvalue weighted by Gasteiger charge is 2.21. The average Bonchev–Trinajstić information content (AvgIpc) is 3.27. The second-order valence-electron chi connectivity index (χ2n) is 4.70. The smallest absolute Gasteiger partial charge is 0.189 e. The third kappa shape index (κ3) is 4.02. The summed E-state index contributed by atoms with van der Waals surface area (Å²) < 4.78 is 5.67. The minimum atomic E-state index is 0.00547. The SMILES string of the molecule is C=C(N=O)/N=C(\CC)c1ccc(OCC2CC2)cc1. The molecule has 0 N–H and O–H groups in total. The summed E-state index contributed by atoms with van der Waals surface area (Å²) in [5, 5.41) is 2.72. The highest BCUT2D eigenvalue weighted by atomic mass is 16.5. The number of rotatable bonds is 7. The Kier molecular flexibility index (Phi) is 4.44. The molecule has 4 heteroatoms. The number of hydrogen-bond acceptors (Lipinski definition) is 4. The fraction of sp³-hybridized carbons (Fsp3) is 0.400. The van der Waals surface area contributed by atoms with Crippen molar-refractivity contribution in [2.75, 3.05) is 6.61 Å². The van der Waals surface area contributed by atoms with Crippen LogP contribution in [0.5, 0.6) is 5.75 Å². The molecule has 0 aromatic heterocycles. The van der Waals surface area contributed by atoms with Gasteiger partial charge in [0.15, 0.2) is 5.82 Å². The van der Waals surface area contributed by atoms with Crippen LogP contribution in [-0.2, 0) is 0 Å². The fourth-order valence-corrected chi connectivity index (χ4v) is 1.77. The quantitative estimate of drug-likeness (QED) is 0.550. The van der Waals surface area contributed by atoms with Crippen molar-refractivity contribution in [2.45, 2.75) is 26.2 Å². The van der Waals surface area contributed by atoms with Gasteiger partial charge in [0.1, 0.15) is 5.75 Å². The van der Waals surface area contributed by atoms with Crippen LogP contribution in [0.3, 0.4) is 0 Å². The van der Waals surface area contributed by atoms with Gasteiger partial charge in [-0.3, -0.25) is 0 Å². The van der Waals surface area contributed by atoms with E-state index in [0.717, 1.165) is 36.0 Å². The summed E-state index contributed by atoms with van der Waals surface area (Å²) in [5.74, 6) is 1.62. The first-order valence-electron chi connectivity index (χ1n) is 6.56. The molecule has 19 heavy (non-hydrogen) atoms. The van der Waals surface area contributed by atoms with Gasteiger partial charge in [-0.15, -0.1) is 4.91 Å². The fourth-order valence-electron chi connectivity index (χ4n) is 1.77. The number of ether oxygens (including phenoxy) is 1. The maximum Gasteiger partial charge on any atom is 0.189 e. The maximum atomic E-state index is 10.3. The topological polar surface area (TPSA) is 51.0 Å². The Balaban J connectivity index is 2.04. The Morgan fingerprint density at radius 2 is 2.05 bits per heavy atom. The van der Waals surface area contributed by atoms with Gasteiger partial charge < -0.3 is 4.74 Å². The molecule has 0 amide bonds. The lowest BCUT2D eigenvalue weighted by molar-refractivity contribution is 0.300. The van der Waals surface area contributed by atoms with Crippen molar-refractivity contribution < 1.29 is 4.74 Å². The van der Waals surface area contributed by atoms with Crippen LogP contribution in [0.2, 0.25) is 0 Å². The Morgan fingerprint density at radius 3 is 2.58 bits per heavy atom. The number of benzene rings is 1. The molecule has 4 nitrogen and oxygen atoms in total. The minimum absolute atomic E-state index is 0.00547. The molecule has 1 aromatic carbocycles. The number of hydrogen-bond donors (Lipinski definition) is 0. The van der Waals surface area contributed by atoms with Crippen LogP contribution < -0.4 is 4.74 Å². The predicted octanol–water partition coefficient (Wildman–Crippen LogP) is 3.91. The van der Waals surface area contributed by atoms with Gasteiger partial charge in [0.05, 0.1) is 6.61 Å². The third-order valence-electron chi connectivity index (χ3n) is 3.07. The van der Waals surface area contributed by atoms with Gasteiger partial charge in [0, 0.05) is 5.71 Å². The zero-order chi connectivity index (χ0) is 13.7. The van der Waals surface area contributed by atoms with E-state index < -0.39 is 0 Å². The van der Waals surface area contributed by atoms with E-state index in [1.807, 2.05) is 31.2 Å². The van der Waals surface area contributed by atoms with Crippen molar-refractivity contribution in [2.24, 2.45) is 16.1 Å². The lowest BCUT2D eigenvalue weighted by Gasteiger charge is -2.07. The van der Waals surface area contributed by atoms with Crippen molar-refractivity contribution in [3.8, 4) is 5.75 Å². The summed E-state index contributed by atoms with van der Waals surface area (Å²) in [7, 11) is 0. The lowest BCUT2D eigenvalue weighted by Crippen LogP contribution is -2.01. The molecule has 2 rings (SSSR count). The van der Waals surface area contributed by atoms with Crippen LogP contribution in [0.1, 0.15) is 31.7 Å². The van der Waals surface area contributed by atoms with Crippen molar-refractivity contribution in [1.29, 1.82) is 0 Å². The molecule has 100 valence electrons. The molecular weight excluding hydrogens is 240 g/mol. The molecule has 1 saturated carbocycles. The van der Waals surface area contributed by atoms with Gasteiger partial charge in [0.25, 0.3) is 0 Å². The van der Waals surface area contributed by atoms with E-state index in [0.29, 0.717) is 0 Å². The summed E-state index contributed by atoms with van der Waals surface area (Å²) in [4.78, 5) is 14.4. The lowest BCUT2D eigenvalue weighted by atomic mass is 10.1. The molecule has 0 unspecified atom stereocenters. The molecule has 0 radical (unpaired) electrons. The Morgan fingerprint density at radius 1 is 1.37 bits per heavy atom. The van der Waals surface area contributed by atoms with E-state index in [1.165, 1.54) is 12.8 Å². The van der Waals surface area contributed by atoms with E-state index in [9.17, 15) is 4.91 Å². The summed E-state index contributed by atoms with van der Waals surface area (Å²) in [5.41, 5.74) is 1.77.